The molecule has 4 spiro atoms. The van der Waals surface area contributed by atoms with Crippen LogP contribution in [0.25, 0.3) is 45.0 Å². The Bertz CT molecular complexity index is 6930. The Morgan fingerprint density at radius 2 is 1.07 bits per heavy atom. The third kappa shape index (κ3) is 17.5. The fourth-order valence-corrected chi connectivity index (χ4v) is 21.3. The summed E-state index contributed by atoms with van der Waals surface area (Å²) in [6.45, 7) is 12.8. The van der Waals surface area contributed by atoms with Crippen LogP contribution in [0, 0.1) is 25.2 Å². The van der Waals surface area contributed by atoms with E-state index in [0.29, 0.717) is 124 Å². The third-order valence-corrected chi connectivity index (χ3v) is 28.2. The van der Waals surface area contributed by atoms with E-state index in [1.165, 1.54) is 52.3 Å². The van der Waals surface area contributed by atoms with Crippen molar-refractivity contribution in [2.45, 2.75) is 131 Å². The Morgan fingerprint density at radius 1 is 0.548 bits per heavy atom. The number of nitriles is 1. The Labute approximate surface area is 782 Å². The number of benzene rings is 8. The minimum atomic E-state index is -4.88. The number of H-pyrrole nitrogens is 1. The zero-order valence-electron chi connectivity index (χ0n) is 75.0. The first-order valence-corrected chi connectivity index (χ1v) is 46.1. The molecule has 0 saturated carbocycles. The van der Waals surface area contributed by atoms with Crippen molar-refractivity contribution in [2.75, 3.05) is 59.5 Å². The maximum atomic E-state index is 13.7. The van der Waals surface area contributed by atoms with E-state index in [9.17, 15) is 59.2 Å². The smallest absolute Gasteiger partial charge is 0.496 e. The summed E-state index contributed by atoms with van der Waals surface area (Å²) in [6, 6.07) is 61.4. The second-order valence-corrected chi connectivity index (χ2v) is 37.8. The Morgan fingerprint density at radius 3 is 1.68 bits per heavy atom. The van der Waals surface area contributed by atoms with Crippen LogP contribution < -0.4 is 33.1 Å². The van der Waals surface area contributed by atoms with Gasteiger partial charge >= 0.3 is 12.5 Å². The molecule has 135 heavy (non-hydrogen) atoms. The molecule has 0 unspecified atom stereocenters. The van der Waals surface area contributed by atoms with Crippen LogP contribution in [0.5, 0.6) is 34.5 Å². The van der Waals surface area contributed by atoms with Gasteiger partial charge in [-0.25, -0.2) is 13.1 Å². The number of para-hydroxylation sites is 5. The van der Waals surface area contributed by atoms with E-state index in [0.717, 1.165) is 123 Å². The van der Waals surface area contributed by atoms with E-state index in [2.05, 4.69) is 41.5 Å². The molecule has 13 aromatic rings. The maximum absolute atomic E-state index is 13.7. The Hall–Kier alpha value is -14.1. The summed E-state index contributed by atoms with van der Waals surface area (Å²) in [5.41, 5.74) is 11.1. The van der Waals surface area contributed by atoms with Gasteiger partial charge in [-0.05, 0) is 174 Å². The van der Waals surface area contributed by atoms with Gasteiger partial charge in [-0.3, -0.25) is 38.2 Å². The molecule has 34 heteroatoms. The molecule has 13 heterocycles. The average molecular weight is 1880 g/mol. The molecular weight excluding hydrogens is 1780 g/mol. The molecule has 8 aliphatic rings. The number of likely N-dealkylation sites (tertiary alicyclic amines) is 4. The molecule has 5 aromatic heterocycles. The second-order valence-electron chi connectivity index (χ2n) is 35.7. The lowest BCUT2D eigenvalue weighted by atomic mass is 9.80. The van der Waals surface area contributed by atoms with Gasteiger partial charge in [-0.1, -0.05) is 78.3 Å². The van der Waals surface area contributed by atoms with Crippen molar-refractivity contribution in [3.05, 3.63) is 297 Å². The first-order valence-electron chi connectivity index (χ1n) is 44.2. The summed E-state index contributed by atoms with van der Waals surface area (Å²) in [4.78, 5) is 60.0. The molecule has 8 aliphatic heterocycles. The minimum absolute atomic E-state index is 0. The third-order valence-electron chi connectivity index (χ3n) is 26.2. The summed E-state index contributed by atoms with van der Waals surface area (Å²) >= 11 is 6.16. The van der Waals surface area contributed by atoms with Crippen molar-refractivity contribution in [3.8, 4) is 85.6 Å². The average Bonchev–Trinajstić information content (AvgIpc) is 1.41. The predicted octanol–water partition coefficient (Wildman–Crippen LogP) is 19.3. The second kappa shape index (κ2) is 35.4. The number of aromatic amines is 1. The van der Waals surface area contributed by atoms with Crippen LogP contribution in [0.1, 0.15) is 162 Å². The monoisotopic (exact) mass is 1880 g/mol. The number of nitrogens with zero attached hydrogens (tertiary/aromatic N) is 12. The van der Waals surface area contributed by atoms with E-state index in [1.807, 2.05) is 186 Å². The molecule has 700 valence electrons. The number of hydrogen-bond acceptors (Lipinski definition) is 16. The van der Waals surface area contributed by atoms with E-state index in [1.54, 1.807) is 51.1 Å². The fourth-order valence-electron chi connectivity index (χ4n) is 19.7. The van der Waals surface area contributed by atoms with Gasteiger partial charge in [0.25, 0.3) is 23.6 Å². The topological polar surface area (TPSA) is 281 Å². The van der Waals surface area contributed by atoms with Gasteiger partial charge in [-0.15, -0.1) is 13.2 Å². The number of fused-ring (bicyclic) bond motifs is 16. The van der Waals surface area contributed by atoms with Crippen molar-refractivity contribution in [1.29, 1.82) is 5.26 Å². The number of nitrogens with one attached hydrogen (secondary N) is 2. The van der Waals surface area contributed by atoms with Gasteiger partial charge in [0.15, 0.2) is 11.2 Å². The molecular formula is C101H99ClF6N14O12S. The van der Waals surface area contributed by atoms with Crippen molar-refractivity contribution in [2.24, 2.45) is 14.1 Å². The van der Waals surface area contributed by atoms with Crippen LogP contribution in [0.2, 0.25) is 5.02 Å². The zero-order chi connectivity index (χ0) is 95.1. The molecule has 4 fully saturated rings. The lowest BCUT2D eigenvalue weighted by Crippen LogP contribution is -2.50. The van der Waals surface area contributed by atoms with E-state index >= 15 is 0 Å². The number of amides is 4. The molecule has 4 amide bonds. The van der Waals surface area contributed by atoms with Gasteiger partial charge in [0.1, 0.15) is 63.2 Å². The van der Waals surface area contributed by atoms with Gasteiger partial charge < -0.3 is 52.6 Å². The number of halogens is 7. The van der Waals surface area contributed by atoms with Crippen LogP contribution in [-0.4, -0.2) is 162 Å². The number of aromatic nitrogens is 8. The van der Waals surface area contributed by atoms with Crippen molar-refractivity contribution in [1.82, 2.24) is 63.2 Å². The summed E-state index contributed by atoms with van der Waals surface area (Å²) in [6.07, 6.45) is 0.961. The molecule has 8 aromatic carbocycles. The quantitative estimate of drug-likeness (QED) is 0.127. The molecule has 2 N–H and O–H groups in total. The first kappa shape index (κ1) is 91.4. The molecule has 21 rings (SSSR count). The number of aryl methyl sites for hydroxylation is 4. The van der Waals surface area contributed by atoms with E-state index in [-0.39, 0.29) is 36.4 Å². The Balaban J connectivity index is 0.000000132. The van der Waals surface area contributed by atoms with Crippen molar-refractivity contribution >= 4 is 45.3 Å². The van der Waals surface area contributed by atoms with Crippen LogP contribution in [0.3, 0.4) is 0 Å². The largest absolute Gasteiger partial charge is 0.573 e. The lowest BCUT2D eigenvalue weighted by molar-refractivity contribution is -0.274. The summed E-state index contributed by atoms with van der Waals surface area (Å²) in [5.74, 6) is 1.12. The molecule has 0 aliphatic carbocycles. The van der Waals surface area contributed by atoms with Crippen molar-refractivity contribution < 1.29 is 85.2 Å². The van der Waals surface area contributed by atoms with E-state index in [4.69, 9.17) is 40.4 Å². The predicted molar refractivity (Wildman–Crippen MR) is 494 cm³/mol. The lowest BCUT2D eigenvalue weighted by Gasteiger charge is -2.45. The molecule has 4 saturated heterocycles. The van der Waals surface area contributed by atoms with Crippen LogP contribution >= 0.6 is 11.6 Å². The number of carbonyl (C=O) groups is 4. The minimum Gasteiger partial charge on any atom is -0.496 e. The first-order chi connectivity index (χ1) is 64.5. The van der Waals surface area contributed by atoms with Crippen LogP contribution in [0.15, 0.2) is 230 Å². The van der Waals surface area contributed by atoms with Crippen molar-refractivity contribution in [3.63, 3.8) is 0 Å². The number of hydrogen-bond donors (Lipinski definition) is 2. The summed E-state index contributed by atoms with van der Waals surface area (Å²) < 4.78 is 149. The molecule has 0 atom stereocenters. The van der Waals surface area contributed by atoms with Gasteiger partial charge in [0.05, 0.1) is 63.5 Å². The highest BCUT2D eigenvalue weighted by Gasteiger charge is 2.52. The Kier molecular flexibility index (Phi) is 23.9. The maximum Gasteiger partial charge on any atom is 0.573 e. The number of sulfonamides is 1. The summed E-state index contributed by atoms with van der Waals surface area (Å²) in [5, 5.41) is 26.8. The highest BCUT2D eigenvalue weighted by Crippen LogP contribution is 2.54. The summed E-state index contributed by atoms with van der Waals surface area (Å²) in [7, 11) is 1.39. The van der Waals surface area contributed by atoms with Gasteiger partial charge in [-0.2, -0.15) is 33.7 Å². The number of alkyl halides is 6. The van der Waals surface area contributed by atoms with Gasteiger partial charge in [0.2, 0.25) is 10.0 Å². The normalized spacial score (nSPS) is 16.5. The standard InChI is InChI=1S/C27H27N5O2.C26H30N4O4S.C25H20F3N3O3.C23H18ClF3N2O3.2H2/c1-17-24(18(2)30-29-17)19-8-4-5-9-20(19)26(33)32-14-12-27(13-15-32)22-16-28-31(3)25(22)21-10-6-7-11-23(21)34-27;1-25(2,3)28-35(32,33)19-11-9-18(10-12-19)24(31)30-15-13-26(14-16-30)21-17-29(4)27-23(21)20-7-5-6-8-22(20)34-26;1-33-20-8-6-16(14-18(20)25(26,27)28)23(32)30-12-10-24(11-13-30)22-9-7-17(15-29)31(22)19-4-2-3-5-21(19)34-24;24-15-7-8-17-19(14-15)31-22(20-6-3-11-29(17)20)9-12-28(13-10-22)21(30)16-4-1-2-5-18(16)32-23(25,26)27;;/h4-11,16H,12-15H2,1-3H3,(H,29,30);5-12,17,28H,13-16H2,1-4H3;2-9,14H,10-13H2,1H3;1-8,11,14H,9-10,12-13H2;2*1H. The van der Waals surface area contributed by atoms with E-state index < -0.39 is 73.6 Å². The molecule has 0 radical (unpaired) electrons. The highest BCUT2D eigenvalue weighted by atomic mass is 35.5. The number of piperidine rings is 4. The molecule has 26 nitrogen and oxygen atoms in total. The van der Waals surface area contributed by atoms with Crippen LogP contribution in [0.4, 0.5) is 26.3 Å². The number of carbonyl (C=O) groups excluding carboxylic acids is 4. The van der Waals surface area contributed by atoms with Gasteiger partial charge in [0, 0.05) is 200 Å². The SMILES string of the molecule is COc1ccc(C(=O)N2CCC3(CC2)Oc2ccccc2-n2c(C#N)ccc23)cc1C(F)(F)F.Cc1n[nH]c(C)c1-c1ccccc1C(=O)N1CCC2(CC1)Oc1ccccc1-c1c2cnn1C.Cn1cc2c(n1)-c1ccccc1OC21CCN(C(=O)c2ccc(S(=O)(=O)NC(C)(C)C)cc2)CC1.O=C(c1ccccc1OC(F)(F)F)N1CCC2(CC1)Oc1cc(Cl)ccc1-n1cccc12.[HH].[HH]. The number of rotatable bonds is 9. The van der Waals surface area contributed by atoms with Crippen LogP contribution in [-0.2, 0) is 52.7 Å². The number of ether oxygens (including phenoxy) is 6. The fraction of sp³-hybridized carbons (Fsp3) is 0.307. The highest BCUT2D eigenvalue weighted by molar-refractivity contribution is 7.89. The molecule has 0 bridgehead atoms. The number of methoxy groups -OCH3 is 1. The zero-order valence-corrected chi connectivity index (χ0v) is 76.6.